The Morgan fingerprint density at radius 1 is 1.08 bits per heavy atom. The van der Waals surface area contributed by atoms with E-state index in [0.717, 1.165) is 50.8 Å². The average molecular weight is 351 g/mol. The zero-order chi connectivity index (χ0) is 18.0. The minimum Gasteiger partial charge on any atom is -0.494 e. The van der Waals surface area contributed by atoms with Gasteiger partial charge in [-0.25, -0.2) is 0 Å². The summed E-state index contributed by atoms with van der Waals surface area (Å²) in [5.41, 5.74) is 1.43. The van der Waals surface area contributed by atoms with E-state index in [4.69, 9.17) is 4.74 Å². The average Bonchev–Trinajstić information content (AvgIpc) is 3.19. The maximum Gasteiger partial charge on any atom is 0.193 e. The molecule has 4 nitrogen and oxygen atoms in total. The highest BCUT2D eigenvalue weighted by atomic mass is 16.5. The summed E-state index contributed by atoms with van der Waals surface area (Å²) in [5, 5.41) is 3.50. The van der Waals surface area contributed by atoms with Gasteiger partial charge >= 0.3 is 0 Å². The van der Waals surface area contributed by atoms with E-state index in [0.29, 0.717) is 5.92 Å². The van der Waals surface area contributed by atoms with Crippen LogP contribution in [0.1, 0.15) is 30.7 Å². The van der Waals surface area contributed by atoms with Gasteiger partial charge in [-0.15, -0.1) is 0 Å². The molecular formula is C22H29N3O. The van der Waals surface area contributed by atoms with Crippen molar-refractivity contribution in [1.82, 2.24) is 10.2 Å². The molecule has 0 aliphatic carbocycles. The number of rotatable bonds is 7. The Hall–Kier alpha value is -2.49. The lowest BCUT2D eigenvalue weighted by Gasteiger charge is -2.21. The number of aliphatic imine (C=N–C) groups is 1. The van der Waals surface area contributed by atoms with Gasteiger partial charge < -0.3 is 15.0 Å². The standard InChI is InChI=1S/C22H29N3O/c1-23-22(24-15-8-9-17-26-21-12-6-3-7-13-21)25-16-14-20(18-25)19-10-4-2-5-11-19/h2-7,10-13,20H,8-9,14-18H2,1H3,(H,23,24). The number of likely N-dealkylation sites (tertiary alicyclic amines) is 1. The van der Waals surface area contributed by atoms with Crippen LogP contribution in [0.25, 0.3) is 0 Å². The first-order valence-electron chi connectivity index (χ1n) is 9.55. The van der Waals surface area contributed by atoms with Crippen molar-refractivity contribution in [1.29, 1.82) is 0 Å². The van der Waals surface area contributed by atoms with E-state index in [1.54, 1.807) is 0 Å². The van der Waals surface area contributed by atoms with Crippen LogP contribution in [0.4, 0.5) is 0 Å². The quantitative estimate of drug-likeness (QED) is 0.467. The van der Waals surface area contributed by atoms with Gasteiger partial charge in [0.05, 0.1) is 6.61 Å². The summed E-state index contributed by atoms with van der Waals surface area (Å²) < 4.78 is 5.73. The van der Waals surface area contributed by atoms with Crippen LogP contribution in [0.15, 0.2) is 65.7 Å². The lowest BCUT2D eigenvalue weighted by molar-refractivity contribution is 0.306. The summed E-state index contributed by atoms with van der Waals surface area (Å²) in [6.07, 6.45) is 3.29. The number of para-hydroxylation sites is 1. The second-order valence-electron chi connectivity index (χ2n) is 6.68. The first-order chi connectivity index (χ1) is 12.9. The molecule has 0 amide bonds. The third kappa shape index (κ3) is 5.25. The summed E-state index contributed by atoms with van der Waals surface area (Å²) in [6, 6.07) is 20.8. The molecule has 2 aromatic rings. The normalized spacial score (nSPS) is 17.3. The monoisotopic (exact) mass is 351 g/mol. The Labute approximate surface area is 156 Å². The molecule has 0 radical (unpaired) electrons. The van der Waals surface area contributed by atoms with E-state index in [1.807, 2.05) is 37.4 Å². The van der Waals surface area contributed by atoms with Gasteiger partial charge in [0.15, 0.2) is 5.96 Å². The molecule has 1 fully saturated rings. The molecular weight excluding hydrogens is 322 g/mol. The molecule has 1 aliphatic rings. The van der Waals surface area contributed by atoms with Crippen molar-refractivity contribution in [3.8, 4) is 5.75 Å². The first kappa shape index (κ1) is 18.3. The molecule has 2 aromatic carbocycles. The first-order valence-corrected chi connectivity index (χ1v) is 9.55. The minimum absolute atomic E-state index is 0.606. The third-order valence-corrected chi connectivity index (χ3v) is 4.84. The SMILES string of the molecule is CN=C(NCCCCOc1ccccc1)N1CCC(c2ccccc2)C1. The largest absolute Gasteiger partial charge is 0.494 e. The van der Waals surface area contributed by atoms with Crippen LogP contribution >= 0.6 is 0 Å². The molecule has 1 atom stereocenters. The fourth-order valence-corrected chi connectivity index (χ4v) is 3.42. The van der Waals surface area contributed by atoms with Crippen LogP contribution in [-0.2, 0) is 0 Å². The highest BCUT2D eigenvalue weighted by Gasteiger charge is 2.25. The van der Waals surface area contributed by atoms with Crippen molar-refractivity contribution in [2.45, 2.75) is 25.2 Å². The molecule has 1 heterocycles. The number of hydrogen-bond donors (Lipinski definition) is 1. The number of benzene rings is 2. The molecule has 1 aliphatic heterocycles. The predicted molar refractivity (Wildman–Crippen MR) is 108 cm³/mol. The van der Waals surface area contributed by atoms with Crippen LogP contribution in [-0.4, -0.2) is 44.1 Å². The molecule has 1 unspecified atom stereocenters. The number of hydrogen-bond acceptors (Lipinski definition) is 2. The molecule has 3 rings (SSSR count). The summed E-state index contributed by atoms with van der Waals surface area (Å²) in [5.74, 6) is 2.57. The Kier molecular flexibility index (Phi) is 6.94. The van der Waals surface area contributed by atoms with Crippen molar-refractivity contribution in [3.63, 3.8) is 0 Å². The van der Waals surface area contributed by atoms with Crippen molar-refractivity contribution >= 4 is 5.96 Å². The van der Waals surface area contributed by atoms with Crippen LogP contribution in [0.3, 0.4) is 0 Å². The Bertz CT molecular complexity index is 672. The van der Waals surface area contributed by atoms with Gasteiger partial charge in [0.2, 0.25) is 0 Å². The Morgan fingerprint density at radius 3 is 2.54 bits per heavy atom. The number of unbranched alkanes of at least 4 members (excludes halogenated alkanes) is 1. The van der Waals surface area contributed by atoms with Gasteiger partial charge in [-0.2, -0.15) is 0 Å². The zero-order valence-corrected chi connectivity index (χ0v) is 15.6. The molecule has 1 saturated heterocycles. The van der Waals surface area contributed by atoms with Crippen LogP contribution in [0.5, 0.6) is 5.75 Å². The van der Waals surface area contributed by atoms with E-state index < -0.39 is 0 Å². The molecule has 0 bridgehead atoms. The second-order valence-corrected chi connectivity index (χ2v) is 6.68. The predicted octanol–water partition coefficient (Wildman–Crippen LogP) is 3.91. The van der Waals surface area contributed by atoms with Crippen molar-refractivity contribution < 1.29 is 4.74 Å². The summed E-state index contributed by atoms with van der Waals surface area (Å²) in [7, 11) is 1.87. The molecule has 0 saturated carbocycles. The van der Waals surface area contributed by atoms with Crippen LogP contribution < -0.4 is 10.1 Å². The van der Waals surface area contributed by atoms with E-state index in [9.17, 15) is 0 Å². The number of nitrogens with zero attached hydrogens (tertiary/aromatic N) is 2. The molecule has 138 valence electrons. The fourth-order valence-electron chi connectivity index (χ4n) is 3.42. The maximum atomic E-state index is 5.73. The van der Waals surface area contributed by atoms with Gasteiger partial charge in [-0.05, 0) is 37.0 Å². The Morgan fingerprint density at radius 2 is 1.81 bits per heavy atom. The third-order valence-electron chi connectivity index (χ3n) is 4.84. The highest BCUT2D eigenvalue weighted by molar-refractivity contribution is 5.80. The molecule has 0 aromatic heterocycles. The van der Waals surface area contributed by atoms with Gasteiger partial charge in [0.1, 0.15) is 5.75 Å². The number of nitrogens with one attached hydrogen (secondary N) is 1. The summed E-state index contributed by atoms with van der Waals surface area (Å²) in [6.45, 7) is 3.79. The summed E-state index contributed by atoms with van der Waals surface area (Å²) in [4.78, 5) is 6.84. The van der Waals surface area contributed by atoms with Crippen LogP contribution in [0.2, 0.25) is 0 Å². The van der Waals surface area contributed by atoms with Crippen LogP contribution in [0, 0.1) is 0 Å². The smallest absolute Gasteiger partial charge is 0.193 e. The summed E-state index contributed by atoms with van der Waals surface area (Å²) >= 11 is 0. The van der Waals surface area contributed by atoms with E-state index in [1.165, 1.54) is 12.0 Å². The fraction of sp³-hybridized carbons (Fsp3) is 0.409. The number of guanidine groups is 1. The molecule has 0 spiro atoms. The van der Waals surface area contributed by atoms with Gasteiger partial charge in [0.25, 0.3) is 0 Å². The molecule has 4 heteroatoms. The number of ether oxygens (including phenoxy) is 1. The van der Waals surface area contributed by atoms with Gasteiger partial charge in [0, 0.05) is 32.6 Å². The zero-order valence-electron chi connectivity index (χ0n) is 15.6. The van der Waals surface area contributed by atoms with E-state index >= 15 is 0 Å². The minimum atomic E-state index is 0.606. The van der Waals surface area contributed by atoms with Crippen molar-refractivity contribution in [3.05, 3.63) is 66.2 Å². The lowest BCUT2D eigenvalue weighted by Crippen LogP contribution is -2.40. The van der Waals surface area contributed by atoms with Gasteiger partial charge in [-0.1, -0.05) is 48.5 Å². The van der Waals surface area contributed by atoms with Gasteiger partial charge in [-0.3, -0.25) is 4.99 Å². The maximum absolute atomic E-state index is 5.73. The second kappa shape index (κ2) is 9.85. The molecule has 26 heavy (non-hydrogen) atoms. The highest BCUT2D eigenvalue weighted by Crippen LogP contribution is 2.26. The van der Waals surface area contributed by atoms with Crippen molar-refractivity contribution in [2.24, 2.45) is 4.99 Å². The van der Waals surface area contributed by atoms with E-state index in [2.05, 4.69) is 45.5 Å². The van der Waals surface area contributed by atoms with E-state index in [-0.39, 0.29) is 0 Å². The topological polar surface area (TPSA) is 36.9 Å². The molecule has 1 N–H and O–H groups in total. The Balaban J connectivity index is 1.35. The lowest BCUT2D eigenvalue weighted by atomic mass is 9.99. The van der Waals surface area contributed by atoms with Crippen molar-refractivity contribution in [2.75, 3.05) is 33.3 Å².